The van der Waals surface area contributed by atoms with Crippen LogP contribution in [0.15, 0.2) is 58.8 Å². The fourth-order valence-electron chi connectivity index (χ4n) is 2.35. The number of rotatable bonds is 8. The second kappa shape index (κ2) is 8.27. The quantitative estimate of drug-likeness (QED) is 0.320. The molecule has 0 spiro atoms. The average Bonchev–Trinajstić information content (AvgIpc) is 3.18. The Bertz CT molecular complexity index is 860. The highest BCUT2D eigenvalue weighted by Gasteiger charge is 2.16. The molecule has 0 fully saturated rings. The lowest BCUT2D eigenvalue weighted by Gasteiger charge is -2.08. The van der Waals surface area contributed by atoms with Gasteiger partial charge in [0.2, 0.25) is 0 Å². The molecular weight excluding hydrogens is 358 g/mol. The van der Waals surface area contributed by atoms with Gasteiger partial charge in [0.05, 0.1) is 18.4 Å². The van der Waals surface area contributed by atoms with Crippen molar-refractivity contribution in [3.05, 3.63) is 60.0 Å². The molecule has 5 nitrogen and oxygen atoms in total. The molecule has 0 aliphatic heterocycles. The number of nitrogens with zero attached hydrogens (tertiary/aromatic N) is 3. The van der Waals surface area contributed by atoms with Gasteiger partial charge in [-0.25, -0.2) is 0 Å². The van der Waals surface area contributed by atoms with E-state index in [4.69, 9.17) is 20.8 Å². The first kappa shape index (κ1) is 17.6. The van der Waals surface area contributed by atoms with E-state index < -0.39 is 0 Å². The van der Waals surface area contributed by atoms with Gasteiger partial charge in [0.1, 0.15) is 11.5 Å². The second-order valence-corrected chi connectivity index (χ2v) is 6.75. The first-order valence-electron chi connectivity index (χ1n) is 7.78. The van der Waals surface area contributed by atoms with Crippen LogP contribution >= 0.6 is 23.4 Å². The molecular formula is C18H18ClN3O2S. The summed E-state index contributed by atoms with van der Waals surface area (Å²) in [5.41, 5.74) is 0.941. The van der Waals surface area contributed by atoms with E-state index in [1.807, 2.05) is 41.8 Å². The normalized spacial score (nSPS) is 10.8. The number of benzene rings is 1. The molecule has 3 aromatic rings. The minimum Gasteiger partial charge on any atom is -0.493 e. The molecule has 0 aliphatic carbocycles. The standard InChI is InChI=1S/C18H18ClN3O2S/c1-3-8-22-17(16-7-9-23-13(16)2)20-21-18(22)25-11-10-24-15-6-4-5-14(19)12-15/h3-7,9,12H,1,8,10-11H2,2H3. The van der Waals surface area contributed by atoms with E-state index in [1.54, 1.807) is 24.1 Å². The molecule has 7 heteroatoms. The highest BCUT2D eigenvalue weighted by atomic mass is 35.5. The van der Waals surface area contributed by atoms with Crippen LogP contribution in [0.1, 0.15) is 5.76 Å². The Morgan fingerprint density at radius 1 is 1.36 bits per heavy atom. The summed E-state index contributed by atoms with van der Waals surface area (Å²) >= 11 is 7.54. The average molecular weight is 376 g/mol. The summed E-state index contributed by atoms with van der Waals surface area (Å²) in [7, 11) is 0. The molecule has 0 radical (unpaired) electrons. The van der Waals surface area contributed by atoms with E-state index in [2.05, 4.69) is 16.8 Å². The summed E-state index contributed by atoms with van der Waals surface area (Å²) < 4.78 is 13.1. The Hall–Kier alpha value is -2.18. The highest BCUT2D eigenvalue weighted by Crippen LogP contribution is 2.27. The van der Waals surface area contributed by atoms with Crippen LogP contribution in [-0.4, -0.2) is 27.1 Å². The molecule has 1 aromatic carbocycles. The number of allylic oxidation sites excluding steroid dienone is 1. The molecule has 0 amide bonds. The Labute approximate surface area is 155 Å². The Balaban J connectivity index is 1.65. The molecule has 0 unspecified atom stereocenters. The molecule has 0 saturated carbocycles. The van der Waals surface area contributed by atoms with Crippen molar-refractivity contribution in [2.75, 3.05) is 12.4 Å². The van der Waals surface area contributed by atoms with Crippen LogP contribution in [0, 0.1) is 6.92 Å². The van der Waals surface area contributed by atoms with Crippen molar-refractivity contribution in [1.82, 2.24) is 14.8 Å². The predicted molar refractivity (Wildman–Crippen MR) is 100 cm³/mol. The van der Waals surface area contributed by atoms with E-state index in [9.17, 15) is 0 Å². The largest absolute Gasteiger partial charge is 0.493 e. The molecule has 25 heavy (non-hydrogen) atoms. The molecule has 130 valence electrons. The molecule has 0 bridgehead atoms. The summed E-state index contributed by atoms with van der Waals surface area (Å²) in [6, 6.07) is 9.27. The molecule has 3 rings (SSSR count). The molecule has 0 atom stereocenters. The van der Waals surface area contributed by atoms with Crippen molar-refractivity contribution in [3.63, 3.8) is 0 Å². The molecule has 0 saturated heterocycles. The number of ether oxygens (including phenoxy) is 1. The molecule has 2 heterocycles. The lowest BCUT2D eigenvalue weighted by Crippen LogP contribution is -2.04. The zero-order chi connectivity index (χ0) is 17.6. The van der Waals surface area contributed by atoms with Gasteiger partial charge in [-0.05, 0) is 31.2 Å². The number of furan rings is 1. The van der Waals surface area contributed by atoms with Crippen molar-refractivity contribution in [2.24, 2.45) is 0 Å². The van der Waals surface area contributed by atoms with E-state index >= 15 is 0 Å². The van der Waals surface area contributed by atoms with Crippen LogP contribution in [0.3, 0.4) is 0 Å². The van der Waals surface area contributed by atoms with Gasteiger partial charge in [-0.15, -0.1) is 16.8 Å². The summed E-state index contributed by atoms with van der Waals surface area (Å²) in [5.74, 6) is 3.10. The van der Waals surface area contributed by atoms with E-state index in [0.29, 0.717) is 18.2 Å². The minimum atomic E-state index is 0.548. The lowest BCUT2D eigenvalue weighted by atomic mass is 10.2. The van der Waals surface area contributed by atoms with Gasteiger partial charge in [0.15, 0.2) is 11.0 Å². The van der Waals surface area contributed by atoms with E-state index in [1.165, 1.54) is 0 Å². The van der Waals surface area contributed by atoms with E-state index in [-0.39, 0.29) is 0 Å². The zero-order valence-electron chi connectivity index (χ0n) is 13.8. The third-order valence-corrected chi connectivity index (χ3v) is 4.67. The highest BCUT2D eigenvalue weighted by molar-refractivity contribution is 7.99. The van der Waals surface area contributed by atoms with Crippen molar-refractivity contribution in [1.29, 1.82) is 0 Å². The lowest BCUT2D eigenvalue weighted by molar-refractivity contribution is 0.344. The number of hydrogen-bond acceptors (Lipinski definition) is 5. The maximum absolute atomic E-state index is 5.95. The van der Waals surface area contributed by atoms with Crippen molar-refractivity contribution < 1.29 is 9.15 Å². The van der Waals surface area contributed by atoms with Gasteiger partial charge in [0.25, 0.3) is 0 Å². The minimum absolute atomic E-state index is 0.548. The van der Waals surface area contributed by atoms with Gasteiger partial charge in [-0.3, -0.25) is 4.57 Å². The number of hydrogen-bond donors (Lipinski definition) is 0. The maximum atomic E-state index is 5.95. The topological polar surface area (TPSA) is 53.1 Å². The Kier molecular flexibility index (Phi) is 5.83. The third kappa shape index (κ3) is 4.27. The van der Waals surface area contributed by atoms with Gasteiger partial charge in [-0.2, -0.15) is 0 Å². The fourth-order valence-corrected chi connectivity index (χ4v) is 3.30. The van der Waals surface area contributed by atoms with E-state index in [0.717, 1.165) is 33.8 Å². The Morgan fingerprint density at radius 2 is 2.24 bits per heavy atom. The van der Waals surface area contributed by atoms with Crippen LogP contribution in [0.4, 0.5) is 0 Å². The predicted octanol–water partition coefficient (Wildman–Crippen LogP) is 4.86. The molecule has 0 N–H and O–H groups in total. The van der Waals surface area contributed by atoms with Gasteiger partial charge in [0, 0.05) is 17.3 Å². The third-order valence-electron chi connectivity index (χ3n) is 3.51. The molecule has 0 aliphatic rings. The summed E-state index contributed by atoms with van der Waals surface area (Å²) in [4.78, 5) is 0. The van der Waals surface area contributed by atoms with Crippen molar-refractivity contribution in [2.45, 2.75) is 18.6 Å². The van der Waals surface area contributed by atoms with Crippen LogP contribution in [0.5, 0.6) is 5.75 Å². The van der Waals surface area contributed by atoms with Crippen LogP contribution < -0.4 is 4.74 Å². The van der Waals surface area contributed by atoms with Crippen LogP contribution in [0.25, 0.3) is 11.4 Å². The fraction of sp³-hybridized carbons (Fsp3) is 0.222. The first-order valence-corrected chi connectivity index (χ1v) is 9.15. The summed E-state index contributed by atoms with van der Waals surface area (Å²) in [6.07, 6.45) is 3.48. The monoisotopic (exact) mass is 375 g/mol. The first-order chi connectivity index (χ1) is 12.2. The molecule has 2 aromatic heterocycles. The maximum Gasteiger partial charge on any atom is 0.191 e. The number of aryl methyl sites for hydroxylation is 1. The van der Waals surface area contributed by atoms with Crippen LogP contribution in [0.2, 0.25) is 5.02 Å². The summed E-state index contributed by atoms with van der Waals surface area (Å²) in [6.45, 7) is 6.91. The van der Waals surface area contributed by atoms with Gasteiger partial charge in [-0.1, -0.05) is 35.5 Å². The van der Waals surface area contributed by atoms with Gasteiger partial charge < -0.3 is 9.15 Å². The number of aromatic nitrogens is 3. The van der Waals surface area contributed by atoms with Crippen molar-refractivity contribution in [3.8, 4) is 17.1 Å². The SMILES string of the molecule is C=CCn1c(SCCOc2cccc(Cl)c2)nnc1-c1ccoc1C. The Morgan fingerprint density at radius 3 is 2.96 bits per heavy atom. The smallest absolute Gasteiger partial charge is 0.191 e. The summed E-state index contributed by atoms with van der Waals surface area (Å²) in [5, 5.41) is 10.1. The van der Waals surface area contributed by atoms with Crippen molar-refractivity contribution >= 4 is 23.4 Å². The zero-order valence-corrected chi connectivity index (χ0v) is 15.4. The number of thioether (sulfide) groups is 1. The second-order valence-electron chi connectivity index (χ2n) is 5.25. The number of halogens is 1. The van der Waals surface area contributed by atoms with Gasteiger partial charge >= 0.3 is 0 Å². The van der Waals surface area contributed by atoms with Crippen LogP contribution in [-0.2, 0) is 6.54 Å².